The van der Waals surface area contributed by atoms with E-state index in [0.717, 1.165) is 87.8 Å². The fraction of sp³-hybridized carbons (Fsp3) is 0.429. The first-order chi connectivity index (χ1) is 20.5. The molecule has 4 aromatic rings. The third kappa shape index (κ3) is 6.02. The van der Waals surface area contributed by atoms with Gasteiger partial charge in [-0.25, -0.2) is 4.98 Å². The second-order valence-electron chi connectivity index (χ2n) is 12.1. The molecule has 2 fully saturated rings. The molecule has 220 valence electrons. The standard InChI is InChI=1S/C35H43N5O2/c1-26(2)30-10-4-6-12-32(30)38-19-21-39(22-20-38)35(41)28-9-8-18-37(24-28)25-34-36-31-11-5-7-13-33(31)40(34)23-27-14-16-29(42-3)17-15-27/h4-7,10-17,26,28H,8-9,18-25H2,1-3H3/t28-/m1/s1. The van der Waals surface area contributed by atoms with Gasteiger partial charge in [0.1, 0.15) is 11.6 Å². The van der Waals surface area contributed by atoms with E-state index in [2.05, 4.69) is 87.7 Å². The summed E-state index contributed by atoms with van der Waals surface area (Å²) >= 11 is 0. The number of piperidine rings is 1. The summed E-state index contributed by atoms with van der Waals surface area (Å²) in [4.78, 5) is 25.8. The molecule has 7 nitrogen and oxygen atoms in total. The molecule has 7 heteroatoms. The second-order valence-corrected chi connectivity index (χ2v) is 12.1. The van der Waals surface area contributed by atoms with E-state index in [1.807, 2.05) is 18.2 Å². The first-order valence-electron chi connectivity index (χ1n) is 15.4. The van der Waals surface area contributed by atoms with Gasteiger partial charge in [0.15, 0.2) is 0 Å². The summed E-state index contributed by atoms with van der Waals surface area (Å²) in [5.41, 5.74) is 6.08. The molecule has 6 rings (SSSR count). The third-order valence-corrected chi connectivity index (χ3v) is 8.94. The van der Waals surface area contributed by atoms with Gasteiger partial charge in [-0.15, -0.1) is 0 Å². The highest BCUT2D eigenvalue weighted by Gasteiger charge is 2.32. The van der Waals surface area contributed by atoms with E-state index in [-0.39, 0.29) is 5.92 Å². The van der Waals surface area contributed by atoms with Crippen molar-refractivity contribution in [3.63, 3.8) is 0 Å². The Morgan fingerprint density at radius 1 is 0.905 bits per heavy atom. The van der Waals surface area contributed by atoms with Crippen molar-refractivity contribution in [2.45, 2.75) is 45.7 Å². The van der Waals surface area contributed by atoms with E-state index < -0.39 is 0 Å². The topological polar surface area (TPSA) is 53.8 Å². The first-order valence-corrected chi connectivity index (χ1v) is 15.4. The number of amides is 1. The van der Waals surface area contributed by atoms with Crippen molar-refractivity contribution in [2.75, 3.05) is 51.3 Å². The highest BCUT2D eigenvalue weighted by atomic mass is 16.5. The summed E-state index contributed by atoms with van der Waals surface area (Å²) in [6, 6.07) is 25.3. The van der Waals surface area contributed by atoms with Crippen molar-refractivity contribution in [3.8, 4) is 5.75 Å². The van der Waals surface area contributed by atoms with Crippen LogP contribution in [0.5, 0.6) is 5.75 Å². The molecule has 3 aromatic carbocycles. The molecule has 0 saturated carbocycles. The molecule has 2 aliphatic rings. The number of methoxy groups -OCH3 is 1. The zero-order valence-corrected chi connectivity index (χ0v) is 25.2. The number of aromatic nitrogens is 2. The summed E-state index contributed by atoms with van der Waals surface area (Å²) in [6.45, 7) is 11.1. The average molecular weight is 566 g/mol. The highest BCUT2D eigenvalue weighted by molar-refractivity contribution is 5.79. The van der Waals surface area contributed by atoms with Gasteiger partial charge in [0, 0.05) is 45.0 Å². The van der Waals surface area contributed by atoms with Gasteiger partial charge in [-0.2, -0.15) is 0 Å². The summed E-state index contributed by atoms with van der Waals surface area (Å²) in [7, 11) is 1.69. The van der Waals surface area contributed by atoms with Crippen molar-refractivity contribution in [3.05, 3.63) is 89.7 Å². The van der Waals surface area contributed by atoms with Gasteiger partial charge in [-0.1, -0.05) is 56.3 Å². The minimum absolute atomic E-state index is 0.0488. The lowest BCUT2D eigenvalue weighted by Gasteiger charge is -2.40. The minimum atomic E-state index is 0.0488. The molecule has 0 unspecified atom stereocenters. The second kappa shape index (κ2) is 12.6. The number of carbonyl (C=O) groups is 1. The number of fused-ring (bicyclic) bond motifs is 1. The molecule has 0 aliphatic carbocycles. The van der Waals surface area contributed by atoms with Crippen LogP contribution in [0.15, 0.2) is 72.8 Å². The molecule has 42 heavy (non-hydrogen) atoms. The smallest absolute Gasteiger partial charge is 0.227 e. The van der Waals surface area contributed by atoms with Crippen molar-refractivity contribution in [1.29, 1.82) is 0 Å². The van der Waals surface area contributed by atoms with Crippen LogP contribution < -0.4 is 9.64 Å². The molecule has 0 bridgehead atoms. The van der Waals surface area contributed by atoms with Crippen LogP contribution in [-0.4, -0.2) is 71.6 Å². The average Bonchev–Trinajstić information content (AvgIpc) is 3.37. The summed E-state index contributed by atoms with van der Waals surface area (Å²) < 4.78 is 7.68. The predicted molar refractivity (Wildman–Crippen MR) is 169 cm³/mol. The number of piperazine rings is 1. The zero-order chi connectivity index (χ0) is 29.1. The lowest BCUT2D eigenvalue weighted by Crippen LogP contribution is -2.52. The number of imidazole rings is 1. The van der Waals surface area contributed by atoms with Gasteiger partial charge in [0.2, 0.25) is 5.91 Å². The van der Waals surface area contributed by atoms with Crippen molar-refractivity contribution in [1.82, 2.24) is 19.4 Å². The largest absolute Gasteiger partial charge is 0.497 e. The quantitative estimate of drug-likeness (QED) is 0.271. The number of carbonyl (C=O) groups excluding carboxylic acids is 1. The number of likely N-dealkylation sites (tertiary alicyclic amines) is 1. The van der Waals surface area contributed by atoms with E-state index in [1.54, 1.807) is 7.11 Å². The predicted octanol–water partition coefficient (Wildman–Crippen LogP) is 5.78. The van der Waals surface area contributed by atoms with Crippen LogP contribution in [0.2, 0.25) is 0 Å². The van der Waals surface area contributed by atoms with E-state index >= 15 is 0 Å². The fourth-order valence-electron chi connectivity index (χ4n) is 6.63. The molecule has 2 aliphatic heterocycles. The number of benzene rings is 3. The van der Waals surface area contributed by atoms with Crippen LogP contribution in [0.1, 0.15) is 49.6 Å². The number of nitrogens with zero attached hydrogens (tertiary/aromatic N) is 5. The van der Waals surface area contributed by atoms with Crippen molar-refractivity contribution >= 4 is 22.6 Å². The molecule has 0 N–H and O–H groups in total. The molecule has 1 amide bonds. The number of rotatable bonds is 8. The maximum atomic E-state index is 13.7. The molecule has 0 radical (unpaired) electrons. The van der Waals surface area contributed by atoms with E-state index in [9.17, 15) is 4.79 Å². The van der Waals surface area contributed by atoms with Gasteiger partial charge < -0.3 is 19.1 Å². The molecule has 1 atom stereocenters. The van der Waals surface area contributed by atoms with Crippen LogP contribution in [0.3, 0.4) is 0 Å². The Kier molecular flexibility index (Phi) is 8.47. The third-order valence-electron chi connectivity index (χ3n) is 8.94. The van der Waals surface area contributed by atoms with Gasteiger partial charge in [-0.3, -0.25) is 9.69 Å². The maximum absolute atomic E-state index is 13.7. The van der Waals surface area contributed by atoms with Gasteiger partial charge in [-0.05, 0) is 66.8 Å². The SMILES string of the molecule is COc1ccc(Cn2c(CN3CCC[C@@H](C(=O)N4CCN(c5ccccc5C(C)C)CC4)C3)nc3ccccc32)cc1. The molecule has 2 saturated heterocycles. The normalized spacial score (nSPS) is 18.1. The lowest BCUT2D eigenvalue weighted by molar-refractivity contribution is -0.137. The Balaban J connectivity index is 1.11. The first kappa shape index (κ1) is 28.3. The molecular formula is C35H43N5O2. The summed E-state index contributed by atoms with van der Waals surface area (Å²) in [5.74, 6) is 2.77. The zero-order valence-electron chi connectivity index (χ0n) is 25.2. The highest BCUT2D eigenvalue weighted by Crippen LogP contribution is 2.29. The van der Waals surface area contributed by atoms with Gasteiger partial charge in [0.05, 0.1) is 30.6 Å². The Bertz CT molecular complexity index is 1500. The van der Waals surface area contributed by atoms with Crippen LogP contribution >= 0.6 is 0 Å². The van der Waals surface area contributed by atoms with E-state index in [4.69, 9.17) is 9.72 Å². The van der Waals surface area contributed by atoms with Crippen LogP contribution in [0.25, 0.3) is 11.0 Å². The summed E-state index contributed by atoms with van der Waals surface area (Å²) in [5, 5.41) is 0. The number of ether oxygens (including phenoxy) is 1. The Morgan fingerprint density at radius 2 is 1.64 bits per heavy atom. The van der Waals surface area contributed by atoms with Crippen LogP contribution in [-0.2, 0) is 17.9 Å². The molecule has 3 heterocycles. The van der Waals surface area contributed by atoms with Gasteiger partial charge in [0.25, 0.3) is 0 Å². The molecule has 0 spiro atoms. The molecule has 1 aromatic heterocycles. The fourth-order valence-corrected chi connectivity index (χ4v) is 6.63. The maximum Gasteiger partial charge on any atom is 0.227 e. The lowest BCUT2D eigenvalue weighted by atomic mass is 9.96. The van der Waals surface area contributed by atoms with Crippen LogP contribution in [0.4, 0.5) is 5.69 Å². The van der Waals surface area contributed by atoms with Gasteiger partial charge >= 0.3 is 0 Å². The summed E-state index contributed by atoms with van der Waals surface area (Å²) in [6.07, 6.45) is 2.00. The van der Waals surface area contributed by atoms with Crippen molar-refractivity contribution < 1.29 is 9.53 Å². The van der Waals surface area contributed by atoms with Crippen LogP contribution in [0, 0.1) is 5.92 Å². The minimum Gasteiger partial charge on any atom is -0.497 e. The molecular weight excluding hydrogens is 522 g/mol. The number of anilines is 1. The Hall–Kier alpha value is -3.84. The Labute approximate surface area is 249 Å². The van der Waals surface area contributed by atoms with E-state index in [1.165, 1.54) is 16.8 Å². The monoisotopic (exact) mass is 565 g/mol. The Morgan fingerprint density at radius 3 is 2.40 bits per heavy atom. The number of hydrogen-bond donors (Lipinski definition) is 0. The van der Waals surface area contributed by atoms with Crippen molar-refractivity contribution in [2.24, 2.45) is 5.92 Å². The number of para-hydroxylation sites is 3. The van der Waals surface area contributed by atoms with E-state index in [0.29, 0.717) is 11.8 Å². The number of hydrogen-bond acceptors (Lipinski definition) is 5.